The van der Waals surface area contributed by atoms with E-state index in [-0.39, 0.29) is 18.9 Å². The summed E-state index contributed by atoms with van der Waals surface area (Å²) >= 11 is 0. The van der Waals surface area contributed by atoms with Crippen LogP contribution >= 0.6 is 0 Å². The molecule has 3 atom stereocenters. The molecule has 0 aromatic carbocycles. The van der Waals surface area contributed by atoms with Crippen LogP contribution in [0, 0.1) is 0 Å². The molecule has 3 unspecified atom stereocenters. The highest BCUT2D eigenvalue weighted by Crippen LogP contribution is 2.12. The number of aliphatic hydroxyl groups excluding tert-OH is 3. The van der Waals surface area contributed by atoms with Crippen molar-refractivity contribution in [3.05, 3.63) is 36.5 Å². The molecule has 0 aliphatic rings. The highest BCUT2D eigenvalue weighted by atomic mass is 16.3. The molecular weight excluding hydrogens is 462 g/mol. The van der Waals surface area contributed by atoms with E-state index in [2.05, 4.69) is 43.5 Å². The molecule has 0 heterocycles. The summed E-state index contributed by atoms with van der Waals surface area (Å²) in [5.41, 5.74) is 0. The van der Waals surface area contributed by atoms with Crippen molar-refractivity contribution in [3.63, 3.8) is 0 Å². The SMILES string of the molecule is CCCCCC/C=C/CC/C=C/CC/C=C/C(O)C(CO)NC(=O)CC(O)CCCCCCCCCC. The van der Waals surface area contributed by atoms with Gasteiger partial charge in [0, 0.05) is 0 Å². The quantitative estimate of drug-likeness (QED) is 0.0710. The van der Waals surface area contributed by atoms with Gasteiger partial charge in [0.2, 0.25) is 5.91 Å². The molecule has 0 radical (unpaired) electrons. The normalized spacial score (nSPS) is 14.6. The van der Waals surface area contributed by atoms with Crippen molar-refractivity contribution < 1.29 is 20.1 Å². The number of amides is 1. The summed E-state index contributed by atoms with van der Waals surface area (Å²) in [6.45, 7) is 4.10. The number of rotatable bonds is 26. The molecule has 0 aromatic rings. The first-order chi connectivity index (χ1) is 18.0. The average Bonchev–Trinajstić information content (AvgIpc) is 2.88. The number of hydrogen-bond donors (Lipinski definition) is 4. The van der Waals surface area contributed by atoms with Gasteiger partial charge in [0.05, 0.1) is 31.3 Å². The zero-order valence-electron chi connectivity index (χ0n) is 24.1. The maximum atomic E-state index is 12.2. The van der Waals surface area contributed by atoms with Gasteiger partial charge in [-0.3, -0.25) is 4.79 Å². The average molecular weight is 522 g/mol. The second-order valence-corrected chi connectivity index (χ2v) is 10.3. The van der Waals surface area contributed by atoms with E-state index in [1.54, 1.807) is 6.08 Å². The van der Waals surface area contributed by atoms with Gasteiger partial charge < -0.3 is 20.6 Å². The summed E-state index contributed by atoms with van der Waals surface area (Å²) in [6, 6.07) is -0.761. The molecule has 0 fully saturated rings. The minimum Gasteiger partial charge on any atom is -0.394 e. The van der Waals surface area contributed by atoms with Crippen LogP contribution in [0.3, 0.4) is 0 Å². The first-order valence-electron chi connectivity index (χ1n) is 15.3. The third-order valence-corrected chi connectivity index (χ3v) is 6.66. The highest BCUT2D eigenvalue weighted by Gasteiger charge is 2.19. The van der Waals surface area contributed by atoms with Gasteiger partial charge in [0.25, 0.3) is 0 Å². The fourth-order valence-electron chi connectivity index (χ4n) is 4.25. The number of nitrogens with one attached hydrogen (secondary N) is 1. The zero-order chi connectivity index (χ0) is 27.4. The summed E-state index contributed by atoms with van der Waals surface area (Å²) in [7, 11) is 0. The van der Waals surface area contributed by atoms with Gasteiger partial charge in [-0.1, -0.05) is 121 Å². The van der Waals surface area contributed by atoms with Crippen LogP contribution < -0.4 is 5.32 Å². The van der Waals surface area contributed by atoms with Gasteiger partial charge >= 0.3 is 0 Å². The summed E-state index contributed by atoms with van der Waals surface area (Å²) in [5, 5.41) is 32.7. The van der Waals surface area contributed by atoms with E-state index >= 15 is 0 Å². The van der Waals surface area contributed by atoms with Crippen LogP contribution in [0.4, 0.5) is 0 Å². The Labute approximate surface area is 228 Å². The largest absolute Gasteiger partial charge is 0.394 e. The van der Waals surface area contributed by atoms with Gasteiger partial charge in [0.1, 0.15) is 0 Å². The van der Waals surface area contributed by atoms with Crippen LogP contribution in [0.1, 0.15) is 136 Å². The Hall–Kier alpha value is -1.43. The molecule has 4 N–H and O–H groups in total. The van der Waals surface area contributed by atoms with Crippen molar-refractivity contribution in [2.24, 2.45) is 0 Å². The maximum absolute atomic E-state index is 12.2. The van der Waals surface area contributed by atoms with Crippen LogP contribution in [0.5, 0.6) is 0 Å². The lowest BCUT2D eigenvalue weighted by Crippen LogP contribution is -2.45. The summed E-state index contributed by atoms with van der Waals surface area (Å²) in [5.74, 6) is -0.337. The molecule has 5 heteroatoms. The van der Waals surface area contributed by atoms with E-state index in [0.717, 1.165) is 38.5 Å². The standard InChI is InChI=1S/C32H59NO4/c1-3-5-7-9-11-13-14-15-16-17-18-20-22-24-26-31(36)30(28-34)33-32(37)27-29(35)25-23-21-19-12-10-8-6-4-2/h13-14,17-18,24,26,29-31,34-36H,3-12,15-16,19-23,25,27-28H2,1-2H3,(H,33,37)/b14-13+,18-17+,26-24+. The molecule has 0 aliphatic heterocycles. The van der Waals surface area contributed by atoms with Crippen molar-refractivity contribution >= 4 is 5.91 Å². The molecule has 0 saturated carbocycles. The predicted octanol–water partition coefficient (Wildman–Crippen LogP) is 7.31. The minimum absolute atomic E-state index is 0.00226. The Morgan fingerprint density at radius 3 is 1.73 bits per heavy atom. The number of aliphatic hydroxyl groups is 3. The number of carbonyl (C=O) groups excluding carboxylic acids is 1. The molecule has 1 amide bonds. The summed E-state index contributed by atoms with van der Waals surface area (Å²) in [6.07, 6.45) is 31.2. The van der Waals surface area contributed by atoms with Gasteiger partial charge in [-0.15, -0.1) is 0 Å². The fourth-order valence-corrected chi connectivity index (χ4v) is 4.25. The smallest absolute Gasteiger partial charge is 0.222 e. The number of allylic oxidation sites excluding steroid dienone is 5. The minimum atomic E-state index is -0.953. The fraction of sp³-hybridized carbons (Fsp3) is 0.781. The molecule has 0 spiro atoms. The number of carbonyl (C=O) groups is 1. The third kappa shape index (κ3) is 24.7. The molecular formula is C32H59NO4. The first-order valence-corrected chi connectivity index (χ1v) is 15.3. The predicted molar refractivity (Wildman–Crippen MR) is 158 cm³/mol. The molecule has 0 saturated heterocycles. The van der Waals surface area contributed by atoms with E-state index < -0.39 is 18.2 Å². The molecule has 216 valence electrons. The van der Waals surface area contributed by atoms with E-state index in [0.29, 0.717) is 6.42 Å². The van der Waals surface area contributed by atoms with E-state index in [1.807, 2.05) is 6.08 Å². The lowest BCUT2D eigenvalue weighted by molar-refractivity contribution is -0.124. The van der Waals surface area contributed by atoms with Crippen LogP contribution in [0.15, 0.2) is 36.5 Å². The number of hydrogen-bond acceptors (Lipinski definition) is 4. The lowest BCUT2D eigenvalue weighted by Gasteiger charge is -2.21. The van der Waals surface area contributed by atoms with E-state index in [4.69, 9.17) is 0 Å². The van der Waals surface area contributed by atoms with E-state index in [1.165, 1.54) is 70.6 Å². The molecule has 37 heavy (non-hydrogen) atoms. The topological polar surface area (TPSA) is 89.8 Å². The van der Waals surface area contributed by atoms with Gasteiger partial charge in [-0.2, -0.15) is 0 Å². The van der Waals surface area contributed by atoms with Gasteiger partial charge in [0.15, 0.2) is 0 Å². The van der Waals surface area contributed by atoms with Crippen molar-refractivity contribution in [3.8, 4) is 0 Å². The second-order valence-electron chi connectivity index (χ2n) is 10.3. The van der Waals surface area contributed by atoms with Crippen LogP contribution in [-0.2, 0) is 4.79 Å². The third-order valence-electron chi connectivity index (χ3n) is 6.66. The zero-order valence-corrected chi connectivity index (χ0v) is 24.1. The number of unbranched alkanes of at least 4 members (excludes halogenated alkanes) is 13. The molecule has 0 aliphatic carbocycles. The Balaban J connectivity index is 3.92. The summed E-state index contributed by atoms with van der Waals surface area (Å²) in [4.78, 5) is 12.2. The molecule has 0 rings (SSSR count). The lowest BCUT2D eigenvalue weighted by atomic mass is 10.0. The van der Waals surface area contributed by atoms with Crippen molar-refractivity contribution in [2.75, 3.05) is 6.61 Å². The molecule has 0 aromatic heterocycles. The van der Waals surface area contributed by atoms with Crippen molar-refractivity contribution in [2.45, 2.75) is 154 Å². The Morgan fingerprint density at radius 1 is 0.676 bits per heavy atom. The maximum Gasteiger partial charge on any atom is 0.222 e. The van der Waals surface area contributed by atoms with Gasteiger partial charge in [-0.05, 0) is 44.9 Å². The van der Waals surface area contributed by atoms with Crippen molar-refractivity contribution in [1.29, 1.82) is 0 Å². The monoisotopic (exact) mass is 521 g/mol. The summed E-state index contributed by atoms with van der Waals surface area (Å²) < 4.78 is 0. The molecule has 0 bridgehead atoms. The van der Waals surface area contributed by atoms with Crippen LogP contribution in [0.25, 0.3) is 0 Å². The Morgan fingerprint density at radius 2 is 1.16 bits per heavy atom. The van der Waals surface area contributed by atoms with Gasteiger partial charge in [-0.25, -0.2) is 0 Å². The second kappa shape index (κ2) is 27.6. The van der Waals surface area contributed by atoms with Crippen molar-refractivity contribution in [1.82, 2.24) is 5.32 Å². The first kappa shape index (κ1) is 35.6. The highest BCUT2D eigenvalue weighted by molar-refractivity contribution is 5.76. The molecule has 5 nitrogen and oxygen atoms in total. The van der Waals surface area contributed by atoms with Crippen LogP contribution in [-0.4, -0.2) is 46.1 Å². The van der Waals surface area contributed by atoms with E-state index in [9.17, 15) is 20.1 Å². The van der Waals surface area contributed by atoms with Crippen LogP contribution in [0.2, 0.25) is 0 Å². The Kier molecular flexibility index (Phi) is 26.5. The Bertz CT molecular complexity index is 587.